The molecule has 0 radical (unpaired) electrons. The quantitative estimate of drug-likeness (QED) is 0.654. The number of pyridine rings is 1. The fourth-order valence-corrected chi connectivity index (χ4v) is 2.53. The zero-order chi connectivity index (χ0) is 22.5. The molecular weight excluding hydrogens is 401 g/mol. The molecule has 0 aliphatic heterocycles. The number of nitrogens with zero attached hydrogens (tertiary/aromatic N) is 5. The number of rotatable bonds is 5. The van der Waals surface area contributed by atoms with Crippen LogP contribution >= 0.6 is 0 Å². The van der Waals surface area contributed by atoms with E-state index in [2.05, 4.69) is 47.3 Å². The van der Waals surface area contributed by atoms with Gasteiger partial charge in [-0.05, 0) is 44.0 Å². The van der Waals surface area contributed by atoms with Crippen molar-refractivity contribution in [2.24, 2.45) is 7.05 Å². The molecule has 2 N–H and O–H groups in total. The van der Waals surface area contributed by atoms with E-state index in [1.54, 1.807) is 10.9 Å². The van der Waals surface area contributed by atoms with Crippen molar-refractivity contribution in [1.82, 2.24) is 29.9 Å². The van der Waals surface area contributed by atoms with Crippen LogP contribution < -0.4 is 5.32 Å². The van der Waals surface area contributed by atoms with E-state index < -0.39 is 12.1 Å². The highest BCUT2D eigenvalue weighted by molar-refractivity contribution is 5.73. The highest BCUT2D eigenvalue weighted by atomic mass is 19.4. The molecule has 162 valence electrons. The number of aryl methyl sites for hydroxylation is 2. The maximum absolute atomic E-state index is 10.6. The minimum absolute atomic E-state index is 0.150. The molecule has 3 aromatic heterocycles. The third-order valence-electron chi connectivity index (χ3n) is 4.23. The van der Waals surface area contributed by atoms with Gasteiger partial charge in [0.1, 0.15) is 0 Å². The molecule has 30 heavy (non-hydrogen) atoms. The molecule has 3 heterocycles. The first-order valence-corrected chi connectivity index (χ1v) is 8.90. The Kier molecular flexibility index (Phi) is 6.98. The molecule has 0 spiro atoms. The van der Waals surface area contributed by atoms with Crippen LogP contribution in [0.5, 0.6) is 0 Å². The van der Waals surface area contributed by atoms with E-state index >= 15 is 0 Å². The van der Waals surface area contributed by atoms with E-state index in [-0.39, 0.29) is 5.54 Å². The van der Waals surface area contributed by atoms with E-state index in [1.165, 1.54) is 0 Å². The van der Waals surface area contributed by atoms with Crippen LogP contribution in [0.4, 0.5) is 13.2 Å². The van der Waals surface area contributed by atoms with Crippen LogP contribution in [0, 0.1) is 6.92 Å². The lowest BCUT2D eigenvalue weighted by Crippen LogP contribution is -2.35. The zero-order valence-electron chi connectivity index (χ0n) is 17.0. The van der Waals surface area contributed by atoms with Gasteiger partial charge in [0.2, 0.25) is 0 Å². The van der Waals surface area contributed by atoms with Gasteiger partial charge in [0.25, 0.3) is 0 Å². The SMILES string of the molecule is Cc1cc(CNC(C)(C)c2cnn(C)c2)cnc1-n1cccn1.O=C(O)C(F)(F)F. The minimum Gasteiger partial charge on any atom is -0.475 e. The van der Waals surface area contributed by atoms with E-state index in [0.29, 0.717) is 0 Å². The molecule has 11 heteroatoms. The summed E-state index contributed by atoms with van der Waals surface area (Å²) in [6.45, 7) is 7.11. The van der Waals surface area contributed by atoms with E-state index in [4.69, 9.17) is 9.90 Å². The van der Waals surface area contributed by atoms with E-state index in [0.717, 1.165) is 29.1 Å². The normalized spacial score (nSPS) is 11.7. The lowest BCUT2D eigenvalue weighted by molar-refractivity contribution is -0.192. The van der Waals surface area contributed by atoms with Crippen molar-refractivity contribution in [3.8, 4) is 5.82 Å². The Labute approximate surface area is 171 Å². The topological polar surface area (TPSA) is 97.9 Å². The Morgan fingerprint density at radius 2 is 1.90 bits per heavy atom. The molecule has 8 nitrogen and oxygen atoms in total. The highest BCUT2D eigenvalue weighted by Crippen LogP contribution is 2.20. The molecule has 0 atom stereocenters. The average Bonchev–Trinajstić information content (AvgIpc) is 3.32. The van der Waals surface area contributed by atoms with Gasteiger partial charge in [-0.3, -0.25) is 4.68 Å². The fraction of sp³-hybridized carbons (Fsp3) is 0.368. The summed E-state index contributed by atoms with van der Waals surface area (Å²) in [6.07, 6.45) is 4.41. The lowest BCUT2D eigenvalue weighted by atomic mass is 9.97. The molecule has 0 aliphatic rings. The zero-order valence-corrected chi connectivity index (χ0v) is 17.0. The molecule has 0 amide bonds. The average molecular weight is 424 g/mol. The monoisotopic (exact) mass is 424 g/mol. The Hall–Kier alpha value is -3.21. The van der Waals surface area contributed by atoms with Gasteiger partial charge in [-0.1, -0.05) is 0 Å². The number of aliphatic carboxylic acids is 1. The van der Waals surface area contributed by atoms with Crippen molar-refractivity contribution < 1.29 is 23.1 Å². The maximum atomic E-state index is 10.6. The minimum atomic E-state index is -5.08. The van der Waals surface area contributed by atoms with Gasteiger partial charge in [-0.25, -0.2) is 14.5 Å². The van der Waals surface area contributed by atoms with Crippen LogP contribution in [0.25, 0.3) is 5.82 Å². The van der Waals surface area contributed by atoms with Crippen LogP contribution in [0.2, 0.25) is 0 Å². The van der Waals surface area contributed by atoms with Crippen molar-refractivity contribution in [2.45, 2.75) is 39.0 Å². The van der Waals surface area contributed by atoms with Gasteiger partial charge in [0.05, 0.1) is 6.20 Å². The summed E-state index contributed by atoms with van der Waals surface area (Å²) in [5.41, 5.74) is 3.27. The van der Waals surface area contributed by atoms with Gasteiger partial charge >= 0.3 is 12.1 Å². The maximum Gasteiger partial charge on any atom is 0.490 e. The summed E-state index contributed by atoms with van der Waals surface area (Å²) in [5, 5.41) is 19.2. The Bertz CT molecular complexity index is 981. The number of carboxylic acids is 1. The van der Waals surface area contributed by atoms with Crippen molar-refractivity contribution in [3.63, 3.8) is 0 Å². The molecule has 0 bridgehead atoms. The third-order valence-corrected chi connectivity index (χ3v) is 4.23. The summed E-state index contributed by atoms with van der Waals surface area (Å²) in [6, 6.07) is 4.04. The molecule has 0 aliphatic carbocycles. The van der Waals surface area contributed by atoms with Crippen molar-refractivity contribution in [3.05, 3.63) is 59.8 Å². The standard InChI is InChI=1S/C17H22N6.C2HF3O2/c1-13-8-14(9-18-16(13)23-7-5-6-20-23)10-19-17(2,3)15-11-21-22(4)12-15;3-2(4,5)1(6)7/h5-9,11-12,19H,10H2,1-4H3;(H,6,7). The first-order valence-electron chi connectivity index (χ1n) is 8.90. The van der Waals surface area contributed by atoms with Crippen molar-refractivity contribution in [1.29, 1.82) is 0 Å². The molecule has 0 aromatic carbocycles. The fourth-order valence-electron chi connectivity index (χ4n) is 2.53. The summed E-state index contributed by atoms with van der Waals surface area (Å²) < 4.78 is 35.3. The van der Waals surface area contributed by atoms with Crippen LogP contribution in [-0.4, -0.2) is 41.8 Å². The highest BCUT2D eigenvalue weighted by Gasteiger charge is 2.38. The second-order valence-corrected chi connectivity index (χ2v) is 7.12. The largest absolute Gasteiger partial charge is 0.490 e. The number of alkyl halides is 3. The Morgan fingerprint density at radius 1 is 1.23 bits per heavy atom. The predicted molar refractivity (Wildman–Crippen MR) is 103 cm³/mol. The number of halogens is 3. The van der Waals surface area contributed by atoms with Crippen molar-refractivity contribution in [2.75, 3.05) is 0 Å². The first kappa shape index (κ1) is 23.1. The van der Waals surface area contributed by atoms with Crippen LogP contribution in [0.3, 0.4) is 0 Å². The van der Waals surface area contributed by atoms with Gasteiger partial charge in [-0.15, -0.1) is 0 Å². The molecule has 0 saturated heterocycles. The second kappa shape index (κ2) is 9.08. The van der Waals surface area contributed by atoms with Crippen LogP contribution in [-0.2, 0) is 23.9 Å². The lowest BCUT2D eigenvalue weighted by Gasteiger charge is -2.25. The number of nitrogens with one attached hydrogen (secondary N) is 1. The summed E-state index contributed by atoms with van der Waals surface area (Å²) in [4.78, 5) is 13.4. The summed E-state index contributed by atoms with van der Waals surface area (Å²) in [5.74, 6) is -1.89. The molecule has 0 unspecified atom stereocenters. The predicted octanol–water partition coefficient (Wildman–Crippen LogP) is 2.97. The Balaban J connectivity index is 0.000000396. The summed E-state index contributed by atoms with van der Waals surface area (Å²) in [7, 11) is 1.93. The molecule has 3 rings (SSSR count). The van der Waals surface area contributed by atoms with Crippen LogP contribution in [0.15, 0.2) is 43.1 Å². The molecule has 0 saturated carbocycles. The van der Waals surface area contributed by atoms with Gasteiger partial charge < -0.3 is 10.4 Å². The third kappa shape index (κ3) is 6.14. The van der Waals surface area contributed by atoms with Gasteiger partial charge in [0, 0.05) is 49.5 Å². The van der Waals surface area contributed by atoms with Crippen LogP contribution in [0.1, 0.15) is 30.5 Å². The second-order valence-electron chi connectivity index (χ2n) is 7.12. The van der Waals surface area contributed by atoms with Gasteiger partial charge in [0.15, 0.2) is 5.82 Å². The molecular formula is C19H23F3N6O2. The number of hydrogen-bond donors (Lipinski definition) is 2. The number of aromatic nitrogens is 5. The smallest absolute Gasteiger partial charge is 0.475 e. The first-order chi connectivity index (χ1) is 13.9. The van der Waals surface area contributed by atoms with Gasteiger partial charge in [-0.2, -0.15) is 23.4 Å². The Morgan fingerprint density at radius 3 is 2.37 bits per heavy atom. The summed E-state index contributed by atoms with van der Waals surface area (Å²) >= 11 is 0. The molecule has 3 aromatic rings. The van der Waals surface area contributed by atoms with Crippen molar-refractivity contribution >= 4 is 5.97 Å². The van der Waals surface area contributed by atoms with E-state index in [9.17, 15) is 13.2 Å². The van der Waals surface area contributed by atoms with E-state index in [1.807, 2.05) is 42.6 Å². The number of carbonyl (C=O) groups is 1. The number of carboxylic acid groups (broad SMARTS) is 1. The number of hydrogen-bond acceptors (Lipinski definition) is 5. The molecule has 0 fully saturated rings.